The highest BCUT2D eigenvalue weighted by Crippen LogP contribution is 2.19. The number of benzene rings is 1. The van der Waals surface area contributed by atoms with E-state index in [0.29, 0.717) is 31.9 Å². The molecule has 1 aliphatic heterocycles. The quantitative estimate of drug-likeness (QED) is 0.860. The molecule has 1 atom stereocenters. The molecule has 7 nitrogen and oxygen atoms in total. The van der Waals surface area contributed by atoms with Gasteiger partial charge in [0.2, 0.25) is 0 Å². The molecule has 150 valence electrons. The van der Waals surface area contributed by atoms with E-state index in [9.17, 15) is 9.59 Å². The molecular formula is C21H28N4O3. The van der Waals surface area contributed by atoms with Crippen LogP contribution in [-0.4, -0.2) is 51.7 Å². The molecule has 7 heteroatoms. The fourth-order valence-corrected chi connectivity index (χ4v) is 3.18. The van der Waals surface area contributed by atoms with Crippen molar-refractivity contribution in [2.24, 2.45) is 5.92 Å². The van der Waals surface area contributed by atoms with Gasteiger partial charge in [0.1, 0.15) is 11.3 Å². The molecule has 0 spiro atoms. The number of aromatic nitrogens is 2. The molecule has 2 aromatic rings. The summed E-state index contributed by atoms with van der Waals surface area (Å²) in [5.41, 5.74) is 1.06. The molecule has 1 fully saturated rings. The minimum absolute atomic E-state index is 0.192. The van der Waals surface area contributed by atoms with Gasteiger partial charge in [-0.3, -0.25) is 4.79 Å². The third-order valence-corrected chi connectivity index (χ3v) is 4.56. The molecule has 2 amide bonds. The molecule has 1 saturated heterocycles. The fourth-order valence-electron chi connectivity index (χ4n) is 3.18. The van der Waals surface area contributed by atoms with Gasteiger partial charge in [0, 0.05) is 32.4 Å². The first-order valence-corrected chi connectivity index (χ1v) is 9.62. The maximum absolute atomic E-state index is 12.4. The molecule has 0 saturated carbocycles. The maximum Gasteiger partial charge on any atom is 0.410 e. The highest BCUT2D eigenvalue weighted by Gasteiger charge is 2.30. The van der Waals surface area contributed by atoms with E-state index in [-0.39, 0.29) is 17.9 Å². The smallest absolute Gasteiger partial charge is 0.410 e. The lowest BCUT2D eigenvalue weighted by molar-refractivity contribution is 0.0288. The van der Waals surface area contributed by atoms with Gasteiger partial charge in [-0.05, 0) is 38.7 Å². The Morgan fingerprint density at radius 1 is 1.25 bits per heavy atom. The Morgan fingerprint density at radius 2 is 2.00 bits per heavy atom. The Hall–Kier alpha value is -2.83. The number of amides is 2. The number of ether oxygens (including phenoxy) is 1. The number of carbonyl (C=O) groups excluding carboxylic acids is 2. The number of nitrogens with one attached hydrogen (secondary N) is 1. The van der Waals surface area contributed by atoms with Gasteiger partial charge in [-0.1, -0.05) is 30.3 Å². The molecule has 0 aliphatic carbocycles. The van der Waals surface area contributed by atoms with E-state index in [1.54, 1.807) is 17.4 Å². The van der Waals surface area contributed by atoms with Crippen molar-refractivity contribution in [3.05, 3.63) is 54.1 Å². The monoisotopic (exact) mass is 384 g/mol. The van der Waals surface area contributed by atoms with Crippen LogP contribution in [0, 0.1) is 5.92 Å². The van der Waals surface area contributed by atoms with Crippen molar-refractivity contribution in [2.75, 3.05) is 19.6 Å². The zero-order chi connectivity index (χ0) is 20.1. The van der Waals surface area contributed by atoms with Crippen LogP contribution in [0.2, 0.25) is 0 Å². The summed E-state index contributed by atoms with van der Waals surface area (Å²) in [7, 11) is 0. The number of hydrogen-bond acceptors (Lipinski definition) is 4. The summed E-state index contributed by atoms with van der Waals surface area (Å²) < 4.78 is 7.30. The normalized spacial score (nSPS) is 16.8. The van der Waals surface area contributed by atoms with Crippen LogP contribution in [0.5, 0.6) is 0 Å². The average molecular weight is 384 g/mol. The SMILES string of the molecule is CC(C)(C)OC(=O)N1CC[C@H](CNC(=O)c2cn(Cc3ccccc3)cn2)C1. The molecule has 1 aromatic carbocycles. The number of likely N-dealkylation sites (tertiary alicyclic amines) is 1. The van der Waals surface area contributed by atoms with Crippen molar-refractivity contribution in [3.63, 3.8) is 0 Å². The predicted octanol–water partition coefficient (Wildman–Crippen LogP) is 2.92. The van der Waals surface area contributed by atoms with Crippen LogP contribution >= 0.6 is 0 Å². The van der Waals surface area contributed by atoms with Crippen molar-refractivity contribution in [1.29, 1.82) is 0 Å². The van der Waals surface area contributed by atoms with Gasteiger partial charge >= 0.3 is 6.09 Å². The third kappa shape index (κ3) is 5.58. The number of rotatable bonds is 5. The van der Waals surface area contributed by atoms with Crippen LogP contribution in [0.1, 0.15) is 43.2 Å². The van der Waals surface area contributed by atoms with E-state index < -0.39 is 5.60 Å². The standard InChI is InChI=1S/C21H28N4O3/c1-21(2,3)28-20(27)25-10-9-17(13-25)11-22-19(26)18-14-24(15-23-18)12-16-7-5-4-6-8-16/h4-8,14-15,17H,9-13H2,1-3H3,(H,22,26)/t17-/m1/s1. The molecule has 1 N–H and O–H groups in total. The van der Waals surface area contributed by atoms with Crippen LogP contribution < -0.4 is 5.32 Å². The third-order valence-electron chi connectivity index (χ3n) is 4.56. The number of hydrogen-bond donors (Lipinski definition) is 1. The van der Waals surface area contributed by atoms with E-state index >= 15 is 0 Å². The lowest BCUT2D eigenvalue weighted by Crippen LogP contribution is -2.36. The first-order chi connectivity index (χ1) is 13.3. The minimum atomic E-state index is -0.498. The zero-order valence-corrected chi connectivity index (χ0v) is 16.7. The molecular weight excluding hydrogens is 356 g/mol. The van der Waals surface area contributed by atoms with Gasteiger partial charge in [-0.25, -0.2) is 9.78 Å². The number of carbonyl (C=O) groups is 2. The molecule has 1 aromatic heterocycles. The molecule has 0 bridgehead atoms. The fraction of sp³-hybridized carbons (Fsp3) is 0.476. The first-order valence-electron chi connectivity index (χ1n) is 9.62. The van der Waals surface area contributed by atoms with E-state index in [4.69, 9.17) is 4.74 Å². The zero-order valence-electron chi connectivity index (χ0n) is 16.7. The summed E-state index contributed by atoms with van der Waals surface area (Å²) in [4.78, 5) is 30.4. The lowest BCUT2D eigenvalue weighted by Gasteiger charge is -2.24. The first kappa shape index (κ1) is 19.9. The number of imidazole rings is 1. The summed E-state index contributed by atoms with van der Waals surface area (Å²) in [5.74, 6) is 0.0328. The van der Waals surface area contributed by atoms with Crippen LogP contribution in [0.4, 0.5) is 4.79 Å². The molecule has 2 heterocycles. The Kier molecular flexibility index (Phi) is 6.02. The summed E-state index contributed by atoms with van der Waals surface area (Å²) in [6, 6.07) is 10.0. The van der Waals surface area contributed by atoms with E-state index in [1.165, 1.54) is 0 Å². The van der Waals surface area contributed by atoms with Gasteiger partial charge in [0.05, 0.1) is 6.33 Å². The highest BCUT2D eigenvalue weighted by molar-refractivity contribution is 5.92. The topological polar surface area (TPSA) is 76.5 Å². The second-order valence-corrected chi connectivity index (χ2v) is 8.21. The Morgan fingerprint density at radius 3 is 2.71 bits per heavy atom. The Bertz CT molecular complexity index is 811. The van der Waals surface area contributed by atoms with E-state index in [1.807, 2.05) is 55.7 Å². The Labute approximate surface area is 165 Å². The van der Waals surface area contributed by atoms with Crippen molar-refractivity contribution in [1.82, 2.24) is 19.8 Å². The summed E-state index contributed by atoms with van der Waals surface area (Å²) in [5, 5.41) is 2.93. The predicted molar refractivity (Wildman–Crippen MR) is 106 cm³/mol. The second-order valence-electron chi connectivity index (χ2n) is 8.21. The van der Waals surface area contributed by atoms with Gasteiger partial charge in [0.15, 0.2) is 0 Å². The molecule has 28 heavy (non-hydrogen) atoms. The van der Waals surface area contributed by atoms with Crippen LogP contribution in [0.3, 0.4) is 0 Å². The van der Waals surface area contributed by atoms with Crippen molar-refractivity contribution < 1.29 is 14.3 Å². The van der Waals surface area contributed by atoms with Crippen molar-refractivity contribution >= 4 is 12.0 Å². The van der Waals surface area contributed by atoms with Gasteiger partial charge in [-0.2, -0.15) is 0 Å². The van der Waals surface area contributed by atoms with Gasteiger partial charge in [0.25, 0.3) is 5.91 Å². The van der Waals surface area contributed by atoms with Crippen molar-refractivity contribution in [3.8, 4) is 0 Å². The van der Waals surface area contributed by atoms with Crippen LogP contribution in [0.15, 0.2) is 42.9 Å². The molecule has 0 unspecified atom stereocenters. The lowest BCUT2D eigenvalue weighted by atomic mass is 10.1. The Balaban J connectivity index is 1.45. The molecule has 3 rings (SSSR count). The summed E-state index contributed by atoms with van der Waals surface area (Å²) >= 11 is 0. The van der Waals surface area contributed by atoms with Crippen molar-refractivity contribution in [2.45, 2.75) is 39.3 Å². The average Bonchev–Trinajstić information content (AvgIpc) is 3.29. The van der Waals surface area contributed by atoms with E-state index in [0.717, 1.165) is 12.0 Å². The number of nitrogens with zero attached hydrogens (tertiary/aromatic N) is 3. The van der Waals surface area contributed by atoms with Gasteiger partial charge in [-0.15, -0.1) is 0 Å². The summed E-state index contributed by atoms with van der Waals surface area (Å²) in [6.45, 7) is 8.01. The van der Waals surface area contributed by atoms with Gasteiger partial charge < -0.3 is 19.5 Å². The van der Waals surface area contributed by atoms with Crippen LogP contribution in [0.25, 0.3) is 0 Å². The minimum Gasteiger partial charge on any atom is -0.444 e. The largest absolute Gasteiger partial charge is 0.444 e. The molecule has 1 aliphatic rings. The summed E-state index contributed by atoms with van der Waals surface area (Å²) in [6.07, 6.45) is 3.98. The second kappa shape index (κ2) is 8.46. The highest BCUT2D eigenvalue weighted by atomic mass is 16.6. The maximum atomic E-state index is 12.4. The molecule has 0 radical (unpaired) electrons. The van der Waals surface area contributed by atoms with E-state index in [2.05, 4.69) is 10.3 Å². The van der Waals surface area contributed by atoms with Crippen LogP contribution in [-0.2, 0) is 11.3 Å².